The normalized spacial score (nSPS) is 11.2. The number of nitrogens with two attached hydrogens (primary N) is 1. The zero-order valence-electron chi connectivity index (χ0n) is 9.83. The standard InChI is InChI=1S/C10H9F4N3O3/c11-5-1-2-6(17(19)20)8(12)7(5)9(18)16-4-10(13,14)3-15/h1-2H,3-4,15H2,(H,16,18). The van der Waals surface area contributed by atoms with E-state index < -0.39 is 52.7 Å². The van der Waals surface area contributed by atoms with Crippen LogP contribution in [0.15, 0.2) is 12.1 Å². The minimum Gasteiger partial charge on any atom is -0.346 e. The SMILES string of the molecule is NCC(F)(F)CNC(=O)c1c(F)ccc([N+](=O)[O-])c1F. The number of carbonyl (C=O) groups excluding carboxylic acids is 1. The Morgan fingerprint density at radius 1 is 1.40 bits per heavy atom. The number of benzene rings is 1. The monoisotopic (exact) mass is 295 g/mol. The van der Waals surface area contributed by atoms with Gasteiger partial charge in [-0.3, -0.25) is 14.9 Å². The molecule has 0 aliphatic carbocycles. The summed E-state index contributed by atoms with van der Waals surface area (Å²) in [7, 11) is 0. The van der Waals surface area contributed by atoms with E-state index in [0.717, 1.165) is 0 Å². The molecule has 0 saturated carbocycles. The van der Waals surface area contributed by atoms with Crippen LogP contribution < -0.4 is 11.1 Å². The molecule has 20 heavy (non-hydrogen) atoms. The Hall–Kier alpha value is -2.23. The summed E-state index contributed by atoms with van der Waals surface area (Å²) >= 11 is 0. The highest BCUT2D eigenvalue weighted by Gasteiger charge is 2.30. The number of halogens is 4. The van der Waals surface area contributed by atoms with E-state index in [4.69, 9.17) is 5.73 Å². The third kappa shape index (κ3) is 3.41. The van der Waals surface area contributed by atoms with Crippen LogP contribution in [-0.2, 0) is 0 Å². The number of nitro benzene ring substituents is 1. The van der Waals surface area contributed by atoms with Gasteiger partial charge in [0.15, 0.2) is 0 Å². The van der Waals surface area contributed by atoms with Gasteiger partial charge < -0.3 is 11.1 Å². The molecule has 0 aromatic heterocycles. The number of nitro groups is 1. The number of alkyl halides is 2. The second-order valence-electron chi connectivity index (χ2n) is 3.76. The molecule has 0 aliphatic rings. The largest absolute Gasteiger partial charge is 0.346 e. The van der Waals surface area contributed by atoms with Crippen molar-refractivity contribution in [2.75, 3.05) is 13.1 Å². The predicted octanol–water partition coefficient (Wildman–Crippen LogP) is 1.20. The molecule has 3 N–H and O–H groups in total. The van der Waals surface area contributed by atoms with Gasteiger partial charge in [-0.25, -0.2) is 13.2 Å². The molecule has 0 heterocycles. The lowest BCUT2D eigenvalue weighted by Gasteiger charge is -2.14. The fourth-order valence-corrected chi connectivity index (χ4v) is 1.26. The maximum Gasteiger partial charge on any atom is 0.305 e. The summed E-state index contributed by atoms with van der Waals surface area (Å²) < 4.78 is 52.5. The Balaban J connectivity index is 3.04. The topological polar surface area (TPSA) is 98.3 Å². The number of hydrogen-bond donors (Lipinski definition) is 2. The molecule has 0 spiro atoms. The fourth-order valence-electron chi connectivity index (χ4n) is 1.26. The molecule has 0 atom stereocenters. The van der Waals surface area contributed by atoms with Crippen LogP contribution in [0.1, 0.15) is 10.4 Å². The fraction of sp³-hybridized carbons (Fsp3) is 0.300. The van der Waals surface area contributed by atoms with E-state index >= 15 is 0 Å². The molecule has 110 valence electrons. The number of hydrogen-bond acceptors (Lipinski definition) is 4. The van der Waals surface area contributed by atoms with Crippen molar-refractivity contribution >= 4 is 11.6 Å². The molecule has 1 rings (SSSR count). The van der Waals surface area contributed by atoms with Crippen LogP contribution in [0.25, 0.3) is 0 Å². The van der Waals surface area contributed by atoms with Crippen LogP contribution in [0.3, 0.4) is 0 Å². The van der Waals surface area contributed by atoms with Crippen molar-refractivity contribution in [3.05, 3.63) is 39.4 Å². The van der Waals surface area contributed by atoms with E-state index in [0.29, 0.717) is 12.1 Å². The summed E-state index contributed by atoms with van der Waals surface area (Å²) in [5.41, 5.74) is 2.28. The molecule has 1 amide bonds. The molecule has 0 radical (unpaired) electrons. The first kappa shape index (κ1) is 15.8. The average Bonchev–Trinajstić information content (AvgIpc) is 2.36. The number of carbonyl (C=O) groups is 1. The minimum atomic E-state index is -3.46. The summed E-state index contributed by atoms with van der Waals surface area (Å²) in [5.74, 6) is -8.12. The Morgan fingerprint density at radius 2 is 2.00 bits per heavy atom. The van der Waals surface area contributed by atoms with Crippen LogP contribution in [0.2, 0.25) is 0 Å². The van der Waals surface area contributed by atoms with Gasteiger partial charge in [0.1, 0.15) is 11.4 Å². The Morgan fingerprint density at radius 3 is 2.50 bits per heavy atom. The first-order chi connectivity index (χ1) is 9.19. The quantitative estimate of drug-likeness (QED) is 0.484. The van der Waals surface area contributed by atoms with E-state index in [1.807, 2.05) is 0 Å². The maximum atomic E-state index is 13.6. The van der Waals surface area contributed by atoms with E-state index in [1.54, 1.807) is 5.32 Å². The van der Waals surface area contributed by atoms with Crippen LogP contribution in [-0.4, -0.2) is 29.8 Å². The lowest BCUT2D eigenvalue weighted by atomic mass is 10.1. The van der Waals surface area contributed by atoms with Crippen molar-refractivity contribution in [3.63, 3.8) is 0 Å². The number of amides is 1. The highest BCUT2D eigenvalue weighted by Crippen LogP contribution is 2.23. The molecule has 0 fully saturated rings. The third-order valence-corrected chi connectivity index (χ3v) is 2.30. The van der Waals surface area contributed by atoms with Crippen LogP contribution in [0, 0.1) is 21.7 Å². The smallest absolute Gasteiger partial charge is 0.305 e. The van der Waals surface area contributed by atoms with Gasteiger partial charge in [0.05, 0.1) is 18.0 Å². The minimum absolute atomic E-state index is 0.497. The zero-order valence-corrected chi connectivity index (χ0v) is 9.83. The van der Waals surface area contributed by atoms with Crippen molar-refractivity contribution in [1.82, 2.24) is 5.32 Å². The first-order valence-corrected chi connectivity index (χ1v) is 5.18. The first-order valence-electron chi connectivity index (χ1n) is 5.18. The van der Waals surface area contributed by atoms with E-state index in [2.05, 4.69) is 0 Å². The molecular formula is C10H9F4N3O3. The lowest BCUT2D eigenvalue weighted by molar-refractivity contribution is -0.387. The third-order valence-electron chi connectivity index (χ3n) is 2.30. The average molecular weight is 295 g/mol. The van der Waals surface area contributed by atoms with Gasteiger partial charge in [-0.05, 0) is 6.07 Å². The molecule has 1 aromatic rings. The predicted molar refractivity (Wildman–Crippen MR) is 59.3 cm³/mol. The van der Waals surface area contributed by atoms with Crippen molar-refractivity contribution < 1.29 is 27.3 Å². The second kappa shape index (κ2) is 5.82. The maximum absolute atomic E-state index is 13.6. The van der Waals surface area contributed by atoms with E-state index in [-0.39, 0.29) is 0 Å². The van der Waals surface area contributed by atoms with Gasteiger partial charge in [-0.15, -0.1) is 0 Å². The van der Waals surface area contributed by atoms with Gasteiger partial charge in [0.25, 0.3) is 11.8 Å². The Labute approximate surface area is 109 Å². The van der Waals surface area contributed by atoms with Gasteiger partial charge in [0.2, 0.25) is 5.82 Å². The summed E-state index contributed by atoms with van der Waals surface area (Å²) in [4.78, 5) is 20.7. The molecule has 0 bridgehead atoms. The van der Waals surface area contributed by atoms with Gasteiger partial charge in [-0.1, -0.05) is 0 Å². The van der Waals surface area contributed by atoms with Crippen molar-refractivity contribution in [2.24, 2.45) is 5.73 Å². The highest BCUT2D eigenvalue weighted by atomic mass is 19.3. The van der Waals surface area contributed by atoms with Crippen LogP contribution >= 0.6 is 0 Å². The zero-order chi connectivity index (χ0) is 15.5. The second-order valence-corrected chi connectivity index (χ2v) is 3.76. The highest BCUT2D eigenvalue weighted by molar-refractivity contribution is 5.95. The van der Waals surface area contributed by atoms with Crippen LogP contribution in [0.4, 0.5) is 23.2 Å². The van der Waals surface area contributed by atoms with Crippen LogP contribution in [0.5, 0.6) is 0 Å². The molecule has 1 aromatic carbocycles. The van der Waals surface area contributed by atoms with Crippen molar-refractivity contribution in [2.45, 2.75) is 5.92 Å². The molecular weight excluding hydrogens is 286 g/mol. The molecule has 0 aliphatic heterocycles. The van der Waals surface area contributed by atoms with Gasteiger partial charge in [-0.2, -0.15) is 4.39 Å². The number of nitrogens with zero attached hydrogens (tertiary/aromatic N) is 1. The molecule has 0 saturated heterocycles. The van der Waals surface area contributed by atoms with Crippen molar-refractivity contribution in [3.8, 4) is 0 Å². The lowest BCUT2D eigenvalue weighted by Crippen LogP contribution is -2.42. The molecule has 0 unspecified atom stereocenters. The van der Waals surface area contributed by atoms with E-state index in [9.17, 15) is 32.5 Å². The van der Waals surface area contributed by atoms with Gasteiger partial charge in [0, 0.05) is 6.07 Å². The van der Waals surface area contributed by atoms with Crippen molar-refractivity contribution in [1.29, 1.82) is 0 Å². The molecule has 10 heteroatoms. The number of rotatable bonds is 5. The van der Waals surface area contributed by atoms with Gasteiger partial charge >= 0.3 is 5.69 Å². The Kier molecular flexibility index (Phi) is 4.61. The summed E-state index contributed by atoms with van der Waals surface area (Å²) in [6.07, 6.45) is 0. The summed E-state index contributed by atoms with van der Waals surface area (Å²) in [6, 6.07) is 1.02. The summed E-state index contributed by atoms with van der Waals surface area (Å²) in [6.45, 7) is -2.32. The number of nitrogens with one attached hydrogen (secondary N) is 1. The molecule has 6 nitrogen and oxygen atoms in total. The summed E-state index contributed by atoms with van der Waals surface area (Å²) in [5, 5.41) is 12.0. The Bertz CT molecular complexity index is 551. The van der Waals surface area contributed by atoms with E-state index in [1.165, 1.54) is 0 Å².